The lowest BCUT2D eigenvalue weighted by Gasteiger charge is -2.33. The molecule has 24 heavy (non-hydrogen) atoms. The summed E-state index contributed by atoms with van der Waals surface area (Å²) in [4.78, 5) is 36.1. The molecule has 0 spiro atoms. The number of nitro groups is 1. The highest BCUT2D eigenvalue weighted by atomic mass is 16.6. The molecule has 1 atom stereocenters. The largest absolute Gasteiger partial charge is 0.496 e. The molecule has 0 fully saturated rings. The van der Waals surface area contributed by atoms with Crippen LogP contribution in [-0.2, 0) is 9.53 Å². The number of carbonyl (C=O) groups is 2. The number of nitrogens with zero attached hydrogens (tertiary/aromatic N) is 2. The van der Waals surface area contributed by atoms with Crippen molar-refractivity contribution in [2.24, 2.45) is 0 Å². The van der Waals surface area contributed by atoms with Gasteiger partial charge in [0.05, 0.1) is 30.8 Å². The molecule has 0 saturated heterocycles. The van der Waals surface area contributed by atoms with Crippen LogP contribution in [0.15, 0.2) is 29.5 Å². The van der Waals surface area contributed by atoms with Crippen molar-refractivity contribution >= 4 is 17.7 Å². The molecule has 1 aliphatic heterocycles. The molecule has 0 aromatic heterocycles. The predicted molar refractivity (Wildman–Crippen MR) is 83.4 cm³/mol. The number of esters is 1. The first-order chi connectivity index (χ1) is 11.3. The summed E-state index contributed by atoms with van der Waals surface area (Å²) >= 11 is 0. The van der Waals surface area contributed by atoms with Gasteiger partial charge in [-0.25, -0.2) is 9.59 Å². The first kappa shape index (κ1) is 17.3. The third-order valence-electron chi connectivity index (χ3n) is 3.89. The minimum absolute atomic E-state index is 0.179. The Morgan fingerprint density at radius 1 is 1.38 bits per heavy atom. The lowest BCUT2D eigenvalue weighted by Crippen LogP contribution is -2.46. The number of nitro benzene ring substituents is 1. The van der Waals surface area contributed by atoms with Crippen molar-refractivity contribution in [1.82, 2.24) is 10.2 Å². The Hall–Kier alpha value is -3.10. The maximum absolute atomic E-state index is 12.2. The number of hydrogen-bond acceptors (Lipinski definition) is 6. The third-order valence-corrected chi connectivity index (χ3v) is 3.89. The first-order valence-corrected chi connectivity index (χ1v) is 6.97. The van der Waals surface area contributed by atoms with E-state index < -0.39 is 23.0 Å². The highest BCUT2D eigenvalue weighted by Gasteiger charge is 2.36. The number of carbonyl (C=O) groups excluding carboxylic acids is 2. The van der Waals surface area contributed by atoms with Crippen molar-refractivity contribution < 1.29 is 24.0 Å². The first-order valence-electron chi connectivity index (χ1n) is 6.97. The van der Waals surface area contributed by atoms with Gasteiger partial charge < -0.3 is 19.7 Å². The fraction of sp³-hybridized carbons (Fsp3) is 0.333. The van der Waals surface area contributed by atoms with E-state index in [-0.39, 0.29) is 11.3 Å². The maximum atomic E-state index is 12.2. The van der Waals surface area contributed by atoms with Crippen LogP contribution in [0.1, 0.15) is 18.5 Å². The van der Waals surface area contributed by atoms with Crippen LogP contribution in [0.25, 0.3) is 0 Å². The zero-order valence-electron chi connectivity index (χ0n) is 13.7. The highest BCUT2D eigenvalue weighted by Crippen LogP contribution is 2.37. The molecular formula is C15H17N3O6. The fourth-order valence-electron chi connectivity index (χ4n) is 2.50. The van der Waals surface area contributed by atoms with Crippen LogP contribution in [0, 0.1) is 10.1 Å². The van der Waals surface area contributed by atoms with Gasteiger partial charge in [-0.1, -0.05) is 0 Å². The summed E-state index contributed by atoms with van der Waals surface area (Å²) in [5, 5.41) is 13.7. The Kier molecular flexibility index (Phi) is 4.72. The average Bonchev–Trinajstić information content (AvgIpc) is 2.58. The molecule has 1 N–H and O–H groups in total. The Bertz CT molecular complexity index is 743. The van der Waals surface area contributed by atoms with Crippen LogP contribution in [0.2, 0.25) is 0 Å². The summed E-state index contributed by atoms with van der Waals surface area (Å²) < 4.78 is 10.0. The Morgan fingerprint density at radius 2 is 2.04 bits per heavy atom. The van der Waals surface area contributed by atoms with Gasteiger partial charge in [-0.15, -0.1) is 0 Å². The van der Waals surface area contributed by atoms with E-state index >= 15 is 0 Å². The van der Waals surface area contributed by atoms with Crippen molar-refractivity contribution in [3.05, 3.63) is 45.1 Å². The summed E-state index contributed by atoms with van der Waals surface area (Å²) in [6.07, 6.45) is 0. The van der Waals surface area contributed by atoms with Crippen LogP contribution in [0.3, 0.4) is 0 Å². The summed E-state index contributed by atoms with van der Waals surface area (Å²) in [7, 11) is 4.13. The van der Waals surface area contributed by atoms with E-state index in [2.05, 4.69) is 5.32 Å². The number of rotatable bonds is 4. The normalized spacial score (nSPS) is 17.4. The molecule has 1 aromatic rings. The van der Waals surface area contributed by atoms with E-state index in [1.165, 1.54) is 44.4 Å². The SMILES string of the molecule is COC(=O)C1=C(C)N(C)C(=O)N[C@H]1c1cc([N+](=O)[O-])ccc1OC. The van der Waals surface area contributed by atoms with E-state index in [0.29, 0.717) is 17.0 Å². The van der Waals surface area contributed by atoms with Crippen LogP contribution in [0.5, 0.6) is 5.75 Å². The fourth-order valence-corrected chi connectivity index (χ4v) is 2.50. The molecular weight excluding hydrogens is 318 g/mol. The maximum Gasteiger partial charge on any atom is 0.337 e. The number of nitrogens with one attached hydrogen (secondary N) is 1. The monoisotopic (exact) mass is 335 g/mol. The smallest absolute Gasteiger partial charge is 0.337 e. The molecule has 2 amide bonds. The van der Waals surface area contributed by atoms with Crippen LogP contribution < -0.4 is 10.1 Å². The van der Waals surface area contributed by atoms with Crippen LogP contribution in [0.4, 0.5) is 10.5 Å². The molecule has 9 nitrogen and oxygen atoms in total. The standard InChI is InChI=1S/C15H17N3O6/c1-8-12(14(19)24-4)13(16-15(20)17(8)2)10-7-9(18(21)22)5-6-11(10)23-3/h5-7,13H,1-4H3,(H,16,20)/t13-/m0/s1. The molecule has 9 heteroatoms. The van der Waals surface area contributed by atoms with Gasteiger partial charge in [0.25, 0.3) is 5.69 Å². The van der Waals surface area contributed by atoms with Gasteiger partial charge in [0.2, 0.25) is 0 Å². The van der Waals surface area contributed by atoms with Crippen LogP contribution in [-0.4, -0.2) is 43.1 Å². The van der Waals surface area contributed by atoms with Gasteiger partial charge in [0.1, 0.15) is 5.75 Å². The van der Waals surface area contributed by atoms with E-state index in [9.17, 15) is 19.7 Å². The van der Waals surface area contributed by atoms with Crippen molar-refractivity contribution in [3.63, 3.8) is 0 Å². The van der Waals surface area contributed by atoms with Gasteiger partial charge in [-0.05, 0) is 13.0 Å². The minimum Gasteiger partial charge on any atom is -0.496 e. The number of ether oxygens (including phenoxy) is 2. The Morgan fingerprint density at radius 3 is 2.58 bits per heavy atom. The molecule has 1 aromatic carbocycles. The average molecular weight is 335 g/mol. The second-order valence-corrected chi connectivity index (χ2v) is 5.12. The number of non-ortho nitro benzene ring substituents is 1. The van der Waals surface area contributed by atoms with E-state index in [4.69, 9.17) is 9.47 Å². The van der Waals surface area contributed by atoms with E-state index in [1.807, 2.05) is 0 Å². The van der Waals surface area contributed by atoms with Gasteiger partial charge in [-0.3, -0.25) is 10.1 Å². The molecule has 0 unspecified atom stereocenters. The third kappa shape index (κ3) is 2.87. The zero-order valence-corrected chi connectivity index (χ0v) is 13.7. The molecule has 1 heterocycles. The lowest BCUT2D eigenvalue weighted by molar-refractivity contribution is -0.385. The molecule has 1 aliphatic rings. The Balaban J connectivity index is 2.68. The summed E-state index contributed by atoms with van der Waals surface area (Å²) in [5.74, 6) is -0.331. The highest BCUT2D eigenvalue weighted by molar-refractivity contribution is 5.95. The van der Waals surface area contributed by atoms with E-state index in [0.717, 1.165) is 0 Å². The van der Waals surface area contributed by atoms with Gasteiger partial charge >= 0.3 is 12.0 Å². The molecule has 0 aliphatic carbocycles. The Labute approximate surface area is 138 Å². The number of benzene rings is 1. The summed E-state index contributed by atoms with van der Waals surface area (Å²) in [6.45, 7) is 1.60. The molecule has 2 rings (SSSR count). The topological polar surface area (TPSA) is 111 Å². The molecule has 0 saturated carbocycles. The van der Waals surface area contributed by atoms with Gasteiger partial charge in [0, 0.05) is 30.4 Å². The zero-order chi connectivity index (χ0) is 18.0. The number of allylic oxidation sites excluding steroid dienone is 1. The van der Waals surface area contributed by atoms with Crippen molar-refractivity contribution in [2.75, 3.05) is 21.3 Å². The quantitative estimate of drug-likeness (QED) is 0.510. The van der Waals surface area contributed by atoms with Crippen LogP contribution >= 0.6 is 0 Å². The lowest BCUT2D eigenvalue weighted by atomic mass is 9.94. The number of amides is 2. The number of urea groups is 1. The van der Waals surface area contributed by atoms with Crippen molar-refractivity contribution in [1.29, 1.82) is 0 Å². The molecule has 0 bridgehead atoms. The summed E-state index contributed by atoms with van der Waals surface area (Å²) in [6, 6.07) is 2.61. The molecule has 128 valence electrons. The predicted octanol–water partition coefficient (Wildman–Crippen LogP) is 1.75. The van der Waals surface area contributed by atoms with Crippen molar-refractivity contribution in [2.45, 2.75) is 13.0 Å². The van der Waals surface area contributed by atoms with Gasteiger partial charge in [-0.2, -0.15) is 0 Å². The number of methoxy groups -OCH3 is 2. The second kappa shape index (κ2) is 6.57. The van der Waals surface area contributed by atoms with Crippen molar-refractivity contribution in [3.8, 4) is 5.75 Å². The molecule has 0 radical (unpaired) electrons. The second-order valence-electron chi connectivity index (χ2n) is 5.12. The number of hydrogen-bond donors (Lipinski definition) is 1. The van der Waals surface area contributed by atoms with Gasteiger partial charge in [0.15, 0.2) is 0 Å². The minimum atomic E-state index is -0.920. The summed E-state index contributed by atoms with van der Waals surface area (Å²) in [5.41, 5.74) is 0.691. The van der Waals surface area contributed by atoms with E-state index in [1.54, 1.807) is 6.92 Å².